The summed E-state index contributed by atoms with van der Waals surface area (Å²) in [5, 5.41) is 0. The molecule has 5 heteroatoms. The third-order valence-corrected chi connectivity index (χ3v) is 4.97. The molecule has 0 bridgehead atoms. The van der Waals surface area contributed by atoms with Crippen LogP contribution < -0.4 is 0 Å². The van der Waals surface area contributed by atoms with Crippen LogP contribution in [0.3, 0.4) is 0 Å². The van der Waals surface area contributed by atoms with Crippen molar-refractivity contribution in [2.75, 3.05) is 26.7 Å². The SMILES string of the molecule is CC1CCN(C(=O)C(C)(C)C(=O)N(C)CCc2ccncc2)CC1. The Morgan fingerprint density at radius 1 is 1.25 bits per heavy atom. The molecule has 0 spiro atoms. The normalized spacial score (nSPS) is 16.1. The van der Waals surface area contributed by atoms with E-state index < -0.39 is 5.41 Å². The second-order valence-electron chi connectivity index (χ2n) is 7.43. The van der Waals surface area contributed by atoms with Gasteiger partial charge in [-0.05, 0) is 56.7 Å². The Morgan fingerprint density at radius 3 is 2.42 bits per heavy atom. The van der Waals surface area contributed by atoms with Gasteiger partial charge in [-0.2, -0.15) is 0 Å². The van der Waals surface area contributed by atoms with Gasteiger partial charge >= 0.3 is 0 Å². The predicted octanol–water partition coefficient (Wildman–Crippen LogP) is 2.37. The fraction of sp³-hybridized carbons (Fsp3) is 0.632. The standard InChI is InChI=1S/C19H29N3O2/c1-15-7-13-22(14-8-15)18(24)19(2,3)17(23)21(4)12-9-16-5-10-20-11-6-16/h5-6,10-11,15H,7-9,12-14H2,1-4H3. The average molecular weight is 331 g/mol. The van der Waals surface area contributed by atoms with Crippen LogP contribution in [0.4, 0.5) is 0 Å². The fourth-order valence-corrected chi connectivity index (χ4v) is 3.12. The summed E-state index contributed by atoms with van der Waals surface area (Å²) in [7, 11) is 1.77. The van der Waals surface area contributed by atoms with E-state index in [4.69, 9.17) is 0 Å². The van der Waals surface area contributed by atoms with E-state index in [1.807, 2.05) is 17.0 Å². The van der Waals surface area contributed by atoms with Crippen LogP contribution in [0.25, 0.3) is 0 Å². The van der Waals surface area contributed by atoms with Gasteiger partial charge in [0.25, 0.3) is 0 Å². The highest BCUT2D eigenvalue weighted by atomic mass is 16.2. The smallest absolute Gasteiger partial charge is 0.237 e. The summed E-state index contributed by atoms with van der Waals surface area (Å²) in [4.78, 5) is 33.1. The molecule has 2 rings (SSSR count). The summed E-state index contributed by atoms with van der Waals surface area (Å²) in [6, 6.07) is 3.90. The molecule has 24 heavy (non-hydrogen) atoms. The van der Waals surface area contributed by atoms with Crippen molar-refractivity contribution >= 4 is 11.8 Å². The minimum atomic E-state index is -1.01. The van der Waals surface area contributed by atoms with Gasteiger partial charge in [-0.1, -0.05) is 6.92 Å². The lowest BCUT2D eigenvalue weighted by atomic mass is 9.88. The Kier molecular flexibility index (Phi) is 5.97. The summed E-state index contributed by atoms with van der Waals surface area (Å²) in [6.45, 7) is 7.83. The van der Waals surface area contributed by atoms with Gasteiger partial charge in [-0.3, -0.25) is 14.6 Å². The van der Waals surface area contributed by atoms with E-state index in [9.17, 15) is 9.59 Å². The Morgan fingerprint density at radius 2 is 1.83 bits per heavy atom. The fourth-order valence-electron chi connectivity index (χ4n) is 3.12. The molecule has 0 saturated carbocycles. The monoisotopic (exact) mass is 331 g/mol. The topological polar surface area (TPSA) is 53.5 Å². The molecule has 0 aromatic carbocycles. The number of pyridine rings is 1. The van der Waals surface area contributed by atoms with Crippen LogP contribution in [0.5, 0.6) is 0 Å². The zero-order valence-electron chi connectivity index (χ0n) is 15.3. The number of likely N-dealkylation sites (tertiary alicyclic amines) is 1. The third-order valence-electron chi connectivity index (χ3n) is 4.97. The number of hydrogen-bond acceptors (Lipinski definition) is 3. The average Bonchev–Trinajstić information content (AvgIpc) is 2.59. The largest absolute Gasteiger partial charge is 0.345 e. The number of carbonyl (C=O) groups is 2. The van der Waals surface area contributed by atoms with Gasteiger partial charge < -0.3 is 9.80 Å². The van der Waals surface area contributed by atoms with E-state index in [-0.39, 0.29) is 11.8 Å². The van der Waals surface area contributed by atoms with Crippen LogP contribution in [0, 0.1) is 11.3 Å². The molecule has 1 fully saturated rings. The van der Waals surface area contributed by atoms with Crippen molar-refractivity contribution < 1.29 is 9.59 Å². The van der Waals surface area contributed by atoms with E-state index in [0.717, 1.165) is 37.9 Å². The van der Waals surface area contributed by atoms with Crippen LogP contribution in [0.2, 0.25) is 0 Å². The molecule has 2 heterocycles. The summed E-state index contributed by atoms with van der Waals surface area (Å²) >= 11 is 0. The minimum absolute atomic E-state index is 0.0461. The lowest BCUT2D eigenvalue weighted by molar-refractivity contribution is -0.154. The Labute approximate surface area is 145 Å². The predicted molar refractivity (Wildman–Crippen MR) is 94.3 cm³/mol. The number of aromatic nitrogens is 1. The summed E-state index contributed by atoms with van der Waals surface area (Å²) < 4.78 is 0. The third kappa shape index (κ3) is 4.34. The molecule has 0 unspecified atom stereocenters. The lowest BCUT2D eigenvalue weighted by Crippen LogP contribution is -2.52. The van der Waals surface area contributed by atoms with Crippen LogP contribution in [0.15, 0.2) is 24.5 Å². The van der Waals surface area contributed by atoms with E-state index in [2.05, 4.69) is 11.9 Å². The molecule has 0 N–H and O–H groups in total. The summed E-state index contributed by atoms with van der Waals surface area (Å²) in [5.41, 5.74) is 0.131. The molecular weight excluding hydrogens is 302 g/mol. The first-order valence-corrected chi connectivity index (χ1v) is 8.76. The van der Waals surface area contributed by atoms with Gasteiger partial charge in [0.15, 0.2) is 0 Å². The molecule has 132 valence electrons. The number of carbonyl (C=O) groups excluding carboxylic acids is 2. The number of nitrogens with zero attached hydrogens (tertiary/aromatic N) is 3. The molecule has 1 saturated heterocycles. The van der Waals surface area contributed by atoms with Crippen molar-refractivity contribution in [2.24, 2.45) is 11.3 Å². The molecule has 5 nitrogen and oxygen atoms in total. The Bertz CT molecular complexity index is 563. The maximum absolute atomic E-state index is 12.8. The van der Waals surface area contributed by atoms with Gasteiger partial charge in [-0.15, -0.1) is 0 Å². The van der Waals surface area contributed by atoms with Crippen LogP contribution in [0.1, 0.15) is 39.2 Å². The highest BCUT2D eigenvalue weighted by Crippen LogP contribution is 2.25. The molecule has 2 amide bonds. The van der Waals surface area contributed by atoms with Crippen molar-refractivity contribution in [3.63, 3.8) is 0 Å². The Balaban J connectivity index is 1.94. The highest BCUT2D eigenvalue weighted by Gasteiger charge is 2.41. The van der Waals surface area contributed by atoms with Crippen molar-refractivity contribution in [3.05, 3.63) is 30.1 Å². The molecule has 1 aliphatic rings. The second-order valence-corrected chi connectivity index (χ2v) is 7.43. The van der Waals surface area contributed by atoms with Gasteiger partial charge in [0, 0.05) is 39.1 Å². The second kappa shape index (κ2) is 7.77. The van der Waals surface area contributed by atoms with Gasteiger partial charge in [0.1, 0.15) is 5.41 Å². The van der Waals surface area contributed by atoms with Gasteiger partial charge in [0.05, 0.1) is 0 Å². The van der Waals surface area contributed by atoms with E-state index in [1.54, 1.807) is 38.2 Å². The van der Waals surface area contributed by atoms with E-state index in [1.165, 1.54) is 0 Å². The first-order valence-electron chi connectivity index (χ1n) is 8.76. The summed E-state index contributed by atoms with van der Waals surface area (Å²) in [6.07, 6.45) is 6.31. The highest BCUT2D eigenvalue weighted by molar-refractivity contribution is 6.04. The van der Waals surface area contributed by atoms with Crippen LogP contribution >= 0.6 is 0 Å². The van der Waals surface area contributed by atoms with Gasteiger partial charge in [-0.25, -0.2) is 0 Å². The van der Waals surface area contributed by atoms with Crippen molar-refractivity contribution in [3.8, 4) is 0 Å². The zero-order valence-corrected chi connectivity index (χ0v) is 15.3. The van der Waals surface area contributed by atoms with Crippen molar-refractivity contribution in [1.82, 2.24) is 14.8 Å². The molecular formula is C19H29N3O2. The maximum Gasteiger partial charge on any atom is 0.237 e. The molecule has 0 radical (unpaired) electrons. The first kappa shape index (κ1) is 18.4. The molecule has 1 aliphatic heterocycles. The number of piperidine rings is 1. The quantitative estimate of drug-likeness (QED) is 0.778. The first-order chi connectivity index (χ1) is 11.3. The van der Waals surface area contributed by atoms with E-state index >= 15 is 0 Å². The molecule has 0 aliphatic carbocycles. The Hall–Kier alpha value is -1.91. The number of hydrogen-bond donors (Lipinski definition) is 0. The number of likely N-dealkylation sites (N-methyl/N-ethyl adjacent to an activating group) is 1. The lowest BCUT2D eigenvalue weighted by Gasteiger charge is -2.37. The number of amides is 2. The zero-order chi connectivity index (χ0) is 17.7. The maximum atomic E-state index is 12.8. The van der Waals surface area contributed by atoms with Crippen molar-refractivity contribution in [1.29, 1.82) is 0 Å². The summed E-state index contributed by atoms with van der Waals surface area (Å²) in [5.74, 6) is 0.506. The minimum Gasteiger partial charge on any atom is -0.345 e. The number of rotatable bonds is 5. The van der Waals surface area contributed by atoms with Gasteiger partial charge in [0.2, 0.25) is 11.8 Å². The molecule has 0 atom stereocenters. The van der Waals surface area contributed by atoms with Crippen molar-refractivity contribution in [2.45, 2.75) is 40.0 Å². The molecule has 1 aromatic heterocycles. The van der Waals surface area contributed by atoms with E-state index in [0.29, 0.717) is 12.5 Å². The molecule has 1 aromatic rings. The van der Waals surface area contributed by atoms with Crippen LogP contribution in [-0.4, -0.2) is 53.3 Å². The van der Waals surface area contributed by atoms with Crippen LogP contribution in [-0.2, 0) is 16.0 Å².